The van der Waals surface area contributed by atoms with Crippen LogP contribution in [0.4, 0.5) is 0 Å². The molecule has 0 aromatic rings. The molecule has 50 valence electrons. The molecule has 2 aliphatic rings. The Kier molecular flexibility index (Phi) is 0.972. The molecular weight excluding hydrogens is 122 g/mol. The Morgan fingerprint density at radius 1 is 1.56 bits per heavy atom. The second-order valence-corrected chi connectivity index (χ2v) is 2.16. The van der Waals surface area contributed by atoms with Gasteiger partial charge in [-0.3, -0.25) is 4.79 Å². The van der Waals surface area contributed by atoms with Gasteiger partial charge in [0, 0.05) is 6.54 Å². The Balaban J connectivity index is 2.15. The SMILES string of the molecule is O=C1NCC2OCOC12. The zero-order valence-corrected chi connectivity index (χ0v) is 4.79. The maximum absolute atomic E-state index is 10.7. The van der Waals surface area contributed by atoms with Crippen LogP contribution in [-0.2, 0) is 14.3 Å². The van der Waals surface area contributed by atoms with Crippen LogP contribution in [0.2, 0.25) is 0 Å². The Labute approximate surface area is 52.1 Å². The highest BCUT2D eigenvalue weighted by molar-refractivity contribution is 5.84. The molecule has 4 heteroatoms. The fourth-order valence-electron chi connectivity index (χ4n) is 1.11. The van der Waals surface area contributed by atoms with Gasteiger partial charge in [-0.05, 0) is 0 Å². The summed E-state index contributed by atoms with van der Waals surface area (Å²) in [7, 11) is 0. The van der Waals surface area contributed by atoms with Crippen LogP contribution in [0.25, 0.3) is 0 Å². The first kappa shape index (κ1) is 5.20. The molecule has 4 nitrogen and oxygen atoms in total. The molecule has 9 heavy (non-hydrogen) atoms. The molecule has 0 bridgehead atoms. The Morgan fingerprint density at radius 2 is 2.44 bits per heavy atom. The number of amides is 1. The minimum atomic E-state index is -0.329. The largest absolute Gasteiger partial charge is 0.351 e. The molecule has 1 N–H and O–H groups in total. The third-order valence-corrected chi connectivity index (χ3v) is 1.60. The summed E-state index contributed by atoms with van der Waals surface area (Å²) in [5, 5.41) is 2.63. The molecule has 0 radical (unpaired) electrons. The lowest BCUT2D eigenvalue weighted by Gasteiger charge is -1.98. The maximum atomic E-state index is 10.7. The van der Waals surface area contributed by atoms with E-state index in [2.05, 4.69) is 5.32 Å². The molecule has 2 fully saturated rings. The van der Waals surface area contributed by atoms with Gasteiger partial charge < -0.3 is 14.8 Å². The average Bonchev–Trinajstić information content (AvgIpc) is 2.35. The number of hydrogen-bond acceptors (Lipinski definition) is 3. The van der Waals surface area contributed by atoms with Gasteiger partial charge in [0.05, 0.1) is 0 Å². The number of rotatable bonds is 0. The van der Waals surface area contributed by atoms with Gasteiger partial charge in [0.2, 0.25) is 0 Å². The summed E-state index contributed by atoms with van der Waals surface area (Å²) >= 11 is 0. The predicted octanol–water partition coefficient (Wildman–Crippen LogP) is -1.14. The van der Waals surface area contributed by atoms with Crippen LogP contribution < -0.4 is 5.32 Å². The van der Waals surface area contributed by atoms with Crippen molar-refractivity contribution in [3.8, 4) is 0 Å². The van der Waals surface area contributed by atoms with Crippen LogP contribution in [0.1, 0.15) is 0 Å². The average molecular weight is 129 g/mol. The van der Waals surface area contributed by atoms with Crippen LogP contribution in [0, 0.1) is 0 Å². The number of carbonyl (C=O) groups is 1. The fourth-order valence-corrected chi connectivity index (χ4v) is 1.11. The predicted molar refractivity (Wildman–Crippen MR) is 27.6 cm³/mol. The van der Waals surface area contributed by atoms with Crippen LogP contribution in [-0.4, -0.2) is 31.5 Å². The van der Waals surface area contributed by atoms with Gasteiger partial charge in [0.1, 0.15) is 12.9 Å². The highest BCUT2D eigenvalue weighted by Crippen LogP contribution is 2.16. The van der Waals surface area contributed by atoms with Crippen LogP contribution in [0.3, 0.4) is 0 Å². The van der Waals surface area contributed by atoms with E-state index >= 15 is 0 Å². The van der Waals surface area contributed by atoms with Crippen molar-refractivity contribution in [3.05, 3.63) is 0 Å². The van der Waals surface area contributed by atoms with Crippen molar-refractivity contribution in [2.45, 2.75) is 12.2 Å². The van der Waals surface area contributed by atoms with E-state index in [4.69, 9.17) is 9.47 Å². The molecule has 2 unspecified atom stereocenters. The maximum Gasteiger partial charge on any atom is 0.252 e. The van der Waals surface area contributed by atoms with E-state index in [0.29, 0.717) is 6.54 Å². The van der Waals surface area contributed by atoms with Crippen molar-refractivity contribution >= 4 is 5.91 Å². The van der Waals surface area contributed by atoms with Gasteiger partial charge in [0.15, 0.2) is 6.10 Å². The molecule has 0 aromatic heterocycles. The summed E-state index contributed by atoms with van der Waals surface area (Å²) in [6.45, 7) is 0.867. The van der Waals surface area contributed by atoms with Crippen molar-refractivity contribution < 1.29 is 14.3 Å². The van der Waals surface area contributed by atoms with Crippen LogP contribution in [0.15, 0.2) is 0 Å². The number of carbonyl (C=O) groups excluding carboxylic acids is 1. The lowest BCUT2D eigenvalue weighted by Crippen LogP contribution is -2.25. The fraction of sp³-hybridized carbons (Fsp3) is 0.800. The van der Waals surface area contributed by atoms with Gasteiger partial charge in [-0.2, -0.15) is 0 Å². The summed E-state index contributed by atoms with van der Waals surface area (Å²) in [5.74, 6) is -0.0440. The quantitative estimate of drug-likeness (QED) is 0.449. The van der Waals surface area contributed by atoms with E-state index in [1.807, 2.05) is 0 Å². The van der Waals surface area contributed by atoms with E-state index in [1.165, 1.54) is 0 Å². The zero-order valence-electron chi connectivity index (χ0n) is 4.79. The number of ether oxygens (including phenoxy) is 2. The minimum Gasteiger partial charge on any atom is -0.351 e. The molecule has 2 aliphatic heterocycles. The molecule has 0 aliphatic carbocycles. The van der Waals surface area contributed by atoms with Crippen molar-refractivity contribution in [1.29, 1.82) is 0 Å². The van der Waals surface area contributed by atoms with Crippen molar-refractivity contribution in [2.24, 2.45) is 0 Å². The third kappa shape index (κ3) is 0.635. The Morgan fingerprint density at radius 3 is 3.22 bits per heavy atom. The van der Waals surface area contributed by atoms with Gasteiger partial charge in [-0.1, -0.05) is 0 Å². The molecule has 0 spiro atoms. The zero-order chi connectivity index (χ0) is 6.27. The monoisotopic (exact) mass is 129 g/mol. The molecule has 2 atom stereocenters. The third-order valence-electron chi connectivity index (χ3n) is 1.60. The second kappa shape index (κ2) is 1.68. The molecule has 2 rings (SSSR count). The van der Waals surface area contributed by atoms with Gasteiger partial charge >= 0.3 is 0 Å². The smallest absolute Gasteiger partial charge is 0.252 e. The van der Waals surface area contributed by atoms with E-state index in [9.17, 15) is 4.79 Å². The van der Waals surface area contributed by atoms with Crippen LogP contribution >= 0.6 is 0 Å². The summed E-state index contributed by atoms with van der Waals surface area (Å²) in [6.07, 6.45) is -0.359. The summed E-state index contributed by atoms with van der Waals surface area (Å²) < 4.78 is 10.00. The van der Waals surface area contributed by atoms with Gasteiger partial charge in [-0.25, -0.2) is 0 Å². The standard InChI is InChI=1S/C5H7NO3/c7-5-4-3(1-6-5)8-2-9-4/h3-4H,1-2H2,(H,6,7). The summed E-state index contributed by atoms with van der Waals surface area (Å²) in [4.78, 5) is 10.7. The van der Waals surface area contributed by atoms with Crippen molar-refractivity contribution in [2.75, 3.05) is 13.3 Å². The summed E-state index contributed by atoms with van der Waals surface area (Å²) in [6, 6.07) is 0. The first-order valence-electron chi connectivity index (χ1n) is 2.89. The molecule has 0 saturated carbocycles. The lowest BCUT2D eigenvalue weighted by molar-refractivity contribution is -0.127. The minimum absolute atomic E-state index is 0.0301. The van der Waals surface area contributed by atoms with Crippen molar-refractivity contribution in [3.63, 3.8) is 0 Å². The normalized spacial score (nSPS) is 40.7. The van der Waals surface area contributed by atoms with E-state index in [0.717, 1.165) is 0 Å². The first-order valence-corrected chi connectivity index (χ1v) is 2.89. The highest BCUT2D eigenvalue weighted by atomic mass is 16.7. The number of hydrogen-bond donors (Lipinski definition) is 1. The van der Waals surface area contributed by atoms with E-state index in [-0.39, 0.29) is 24.9 Å². The number of fused-ring (bicyclic) bond motifs is 1. The second-order valence-electron chi connectivity index (χ2n) is 2.16. The molecular formula is C5H7NO3. The lowest BCUT2D eigenvalue weighted by atomic mass is 10.3. The summed E-state index contributed by atoms with van der Waals surface area (Å²) in [5.41, 5.74) is 0. The van der Waals surface area contributed by atoms with E-state index in [1.54, 1.807) is 0 Å². The molecule has 2 saturated heterocycles. The Hall–Kier alpha value is -0.610. The van der Waals surface area contributed by atoms with Crippen molar-refractivity contribution in [1.82, 2.24) is 5.32 Å². The van der Waals surface area contributed by atoms with E-state index < -0.39 is 0 Å². The Bertz CT molecular complexity index is 147. The van der Waals surface area contributed by atoms with Gasteiger partial charge in [-0.15, -0.1) is 0 Å². The number of nitrogens with one attached hydrogen (secondary N) is 1. The first-order chi connectivity index (χ1) is 4.38. The highest BCUT2D eigenvalue weighted by Gasteiger charge is 2.40. The molecule has 0 aromatic carbocycles. The topological polar surface area (TPSA) is 47.6 Å². The molecule has 2 heterocycles. The van der Waals surface area contributed by atoms with Crippen LogP contribution in [0.5, 0.6) is 0 Å². The molecule has 1 amide bonds. The van der Waals surface area contributed by atoms with Gasteiger partial charge in [0.25, 0.3) is 5.91 Å².